The van der Waals surface area contributed by atoms with Crippen LogP contribution in [0.3, 0.4) is 0 Å². The van der Waals surface area contributed by atoms with Crippen LogP contribution in [0.15, 0.2) is 18.2 Å². The van der Waals surface area contributed by atoms with E-state index in [0.717, 1.165) is 17.7 Å². The number of hydrogen-bond donors (Lipinski definition) is 1. The first-order valence-corrected chi connectivity index (χ1v) is 4.64. The molecule has 0 saturated heterocycles. The third-order valence-electron chi connectivity index (χ3n) is 2.22. The van der Waals surface area contributed by atoms with Crippen molar-refractivity contribution in [1.29, 1.82) is 0 Å². The summed E-state index contributed by atoms with van der Waals surface area (Å²) >= 11 is 0. The highest BCUT2D eigenvalue weighted by atomic mass is 19.1. The Morgan fingerprint density at radius 1 is 1.46 bits per heavy atom. The van der Waals surface area contributed by atoms with E-state index in [4.69, 9.17) is 0 Å². The van der Waals surface area contributed by atoms with Crippen LogP contribution in [-0.2, 0) is 0 Å². The SMILES string of the molecule is CCNC(C)c1cc(F)ccc1C. The fraction of sp³-hybridized carbons (Fsp3) is 0.455. The van der Waals surface area contributed by atoms with Gasteiger partial charge in [0.2, 0.25) is 0 Å². The van der Waals surface area contributed by atoms with Gasteiger partial charge < -0.3 is 5.32 Å². The summed E-state index contributed by atoms with van der Waals surface area (Å²) in [6.45, 7) is 7.00. The van der Waals surface area contributed by atoms with Crippen molar-refractivity contribution in [3.05, 3.63) is 35.1 Å². The number of hydrogen-bond acceptors (Lipinski definition) is 1. The van der Waals surface area contributed by atoms with Gasteiger partial charge in [0.25, 0.3) is 0 Å². The standard InChI is InChI=1S/C11H16FN/c1-4-13-9(3)11-7-10(12)6-5-8(11)2/h5-7,9,13H,4H2,1-3H3. The van der Waals surface area contributed by atoms with E-state index < -0.39 is 0 Å². The molecule has 1 aromatic rings. The molecule has 0 aromatic heterocycles. The van der Waals surface area contributed by atoms with E-state index in [1.807, 2.05) is 26.8 Å². The molecule has 0 saturated carbocycles. The molecule has 1 rings (SSSR count). The van der Waals surface area contributed by atoms with E-state index in [0.29, 0.717) is 0 Å². The quantitative estimate of drug-likeness (QED) is 0.756. The Morgan fingerprint density at radius 2 is 2.15 bits per heavy atom. The van der Waals surface area contributed by atoms with Crippen molar-refractivity contribution >= 4 is 0 Å². The maximum atomic E-state index is 12.9. The first-order valence-electron chi connectivity index (χ1n) is 4.64. The normalized spacial score (nSPS) is 12.9. The monoisotopic (exact) mass is 181 g/mol. The topological polar surface area (TPSA) is 12.0 Å². The van der Waals surface area contributed by atoms with Gasteiger partial charge in [-0.05, 0) is 43.7 Å². The molecular weight excluding hydrogens is 165 g/mol. The van der Waals surface area contributed by atoms with Crippen LogP contribution in [0.5, 0.6) is 0 Å². The molecule has 0 bridgehead atoms. The Morgan fingerprint density at radius 3 is 2.77 bits per heavy atom. The van der Waals surface area contributed by atoms with Gasteiger partial charge in [0.05, 0.1) is 0 Å². The van der Waals surface area contributed by atoms with Crippen LogP contribution in [-0.4, -0.2) is 6.54 Å². The largest absolute Gasteiger partial charge is 0.310 e. The van der Waals surface area contributed by atoms with Gasteiger partial charge in [0.1, 0.15) is 5.82 Å². The molecule has 0 fully saturated rings. The predicted molar refractivity (Wildman–Crippen MR) is 53.2 cm³/mol. The minimum atomic E-state index is -0.162. The third-order valence-corrected chi connectivity index (χ3v) is 2.22. The number of benzene rings is 1. The summed E-state index contributed by atoms with van der Waals surface area (Å²) in [5, 5.41) is 3.26. The number of rotatable bonds is 3. The lowest BCUT2D eigenvalue weighted by molar-refractivity contribution is 0.580. The summed E-state index contributed by atoms with van der Waals surface area (Å²) in [5.41, 5.74) is 2.18. The van der Waals surface area contributed by atoms with Gasteiger partial charge >= 0.3 is 0 Å². The lowest BCUT2D eigenvalue weighted by Gasteiger charge is -2.15. The van der Waals surface area contributed by atoms with E-state index in [-0.39, 0.29) is 11.9 Å². The fourth-order valence-corrected chi connectivity index (χ4v) is 1.49. The molecule has 2 heteroatoms. The van der Waals surface area contributed by atoms with Crippen molar-refractivity contribution in [3.63, 3.8) is 0 Å². The molecule has 72 valence electrons. The Bertz CT molecular complexity index is 283. The zero-order valence-electron chi connectivity index (χ0n) is 8.39. The van der Waals surface area contributed by atoms with Crippen molar-refractivity contribution in [2.24, 2.45) is 0 Å². The van der Waals surface area contributed by atoms with Crippen LogP contribution in [0.2, 0.25) is 0 Å². The second kappa shape index (κ2) is 4.38. The van der Waals surface area contributed by atoms with Crippen molar-refractivity contribution in [2.75, 3.05) is 6.54 Å². The van der Waals surface area contributed by atoms with E-state index in [2.05, 4.69) is 5.32 Å². The van der Waals surface area contributed by atoms with Gasteiger partial charge in [0.15, 0.2) is 0 Å². The van der Waals surface area contributed by atoms with Crippen LogP contribution < -0.4 is 5.32 Å². The minimum absolute atomic E-state index is 0.162. The zero-order chi connectivity index (χ0) is 9.84. The van der Waals surface area contributed by atoms with Gasteiger partial charge in [0, 0.05) is 6.04 Å². The lowest BCUT2D eigenvalue weighted by Crippen LogP contribution is -2.18. The summed E-state index contributed by atoms with van der Waals surface area (Å²) in [7, 11) is 0. The van der Waals surface area contributed by atoms with Crippen molar-refractivity contribution in [2.45, 2.75) is 26.8 Å². The van der Waals surface area contributed by atoms with Gasteiger partial charge in [-0.15, -0.1) is 0 Å². The van der Waals surface area contributed by atoms with Crippen molar-refractivity contribution in [1.82, 2.24) is 5.32 Å². The van der Waals surface area contributed by atoms with Gasteiger partial charge in [-0.1, -0.05) is 13.0 Å². The van der Waals surface area contributed by atoms with Crippen molar-refractivity contribution < 1.29 is 4.39 Å². The Hall–Kier alpha value is -0.890. The molecule has 0 aliphatic carbocycles. The maximum absolute atomic E-state index is 12.9. The molecule has 1 unspecified atom stereocenters. The molecule has 1 atom stereocenters. The van der Waals surface area contributed by atoms with E-state index in [1.54, 1.807) is 6.07 Å². The average molecular weight is 181 g/mol. The van der Waals surface area contributed by atoms with Crippen LogP contribution >= 0.6 is 0 Å². The summed E-state index contributed by atoms with van der Waals surface area (Å²) in [6, 6.07) is 5.14. The van der Waals surface area contributed by atoms with Gasteiger partial charge in [-0.3, -0.25) is 0 Å². The first-order chi connectivity index (χ1) is 6.15. The molecule has 0 radical (unpaired) electrons. The molecule has 0 heterocycles. The van der Waals surface area contributed by atoms with Crippen molar-refractivity contribution in [3.8, 4) is 0 Å². The van der Waals surface area contributed by atoms with Crippen LogP contribution in [0.4, 0.5) is 4.39 Å². The zero-order valence-corrected chi connectivity index (χ0v) is 8.39. The number of nitrogens with one attached hydrogen (secondary N) is 1. The highest BCUT2D eigenvalue weighted by molar-refractivity contribution is 5.29. The molecule has 1 N–H and O–H groups in total. The van der Waals surface area contributed by atoms with E-state index in [9.17, 15) is 4.39 Å². The minimum Gasteiger partial charge on any atom is -0.310 e. The number of aryl methyl sites for hydroxylation is 1. The second-order valence-corrected chi connectivity index (χ2v) is 3.28. The molecule has 13 heavy (non-hydrogen) atoms. The average Bonchev–Trinajstić information content (AvgIpc) is 2.09. The molecule has 1 nitrogen and oxygen atoms in total. The summed E-state index contributed by atoms with van der Waals surface area (Å²) in [5.74, 6) is -0.162. The molecule has 0 spiro atoms. The van der Waals surface area contributed by atoms with Crippen LogP contribution in [0.1, 0.15) is 31.0 Å². The van der Waals surface area contributed by atoms with Gasteiger partial charge in [-0.2, -0.15) is 0 Å². The van der Waals surface area contributed by atoms with Gasteiger partial charge in [-0.25, -0.2) is 4.39 Å². The highest BCUT2D eigenvalue weighted by Gasteiger charge is 2.07. The lowest BCUT2D eigenvalue weighted by atomic mass is 10.0. The summed E-state index contributed by atoms with van der Waals surface area (Å²) < 4.78 is 12.9. The second-order valence-electron chi connectivity index (χ2n) is 3.28. The Balaban J connectivity index is 2.91. The third kappa shape index (κ3) is 2.52. The molecule has 0 amide bonds. The fourth-order valence-electron chi connectivity index (χ4n) is 1.49. The molecule has 0 aliphatic heterocycles. The smallest absolute Gasteiger partial charge is 0.123 e. The van der Waals surface area contributed by atoms with Crippen LogP contribution in [0, 0.1) is 12.7 Å². The number of halogens is 1. The molecule has 0 aliphatic rings. The Labute approximate surface area is 79.0 Å². The maximum Gasteiger partial charge on any atom is 0.123 e. The Kier molecular flexibility index (Phi) is 3.43. The summed E-state index contributed by atoms with van der Waals surface area (Å²) in [4.78, 5) is 0. The highest BCUT2D eigenvalue weighted by Crippen LogP contribution is 2.17. The summed E-state index contributed by atoms with van der Waals surface area (Å²) in [6.07, 6.45) is 0. The van der Waals surface area contributed by atoms with Crippen LogP contribution in [0.25, 0.3) is 0 Å². The molecular formula is C11H16FN. The predicted octanol–water partition coefficient (Wildman–Crippen LogP) is 2.80. The molecule has 1 aromatic carbocycles. The first kappa shape index (κ1) is 10.2. The van der Waals surface area contributed by atoms with E-state index >= 15 is 0 Å². The van der Waals surface area contributed by atoms with E-state index in [1.165, 1.54) is 6.07 Å².